The molecule has 20 heavy (non-hydrogen) atoms. The predicted molar refractivity (Wildman–Crippen MR) is 73.8 cm³/mol. The Balaban J connectivity index is 2.03. The fourth-order valence-corrected chi connectivity index (χ4v) is 2.98. The van der Waals surface area contributed by atoms with Gasteiger partial charge in [-0.05, 0) is 32.2 Å². The minimum Gasteiger partial charge on any atom is -0.344 e. The van der Waals surface area contributed by atoms with Gasteiger partial charge in [0, 0.05) is 20.0 Å². The molecule has 0 aromatic carbocycles. The van der Waals surface area contributed by atoms with E-state index in [1.54, 1.807) is 0 Å². The number of carbonyl (C=O) groups is 3. The number of piperidine rings is 2. The van der Waals surface area contributed by atoms with Crippen LogP contribution in [0.4, 0.5) is 0 Å². The summed E-state index contributed by atoms with van der Waals surface area (Å²) in [7, 11) is 1.47. The van der Waals surface area contributed by atoms with Crippen molar-refractivity contribution in [3.63, 3.8) is 0 Å². The number of likely N-dealkylation sites (N-methyl/N-ethyl adjacent to an activating group) is 1. The number of nitrogens with zero attached hydrogens (tertiary/aromatic N) is 1. The zero-order valence-corrected chi connectivity index (χ0v) is 12.2. The van der Waals surface area contributed by atoms with Crippen molar-refractivity contribution in [3.05, 3.63) is 0 Å². The highest BCUT2D eigenvalue weighted by Gasteiger charge is 2.41. The van der Waals surface area contributed by atoms with Crippen LogP contribution in [0.3, 0.4) is 0 Å². The van der Waals surface area contributed by atoms with E-state index in [4.69, 9.17) is 0 Å². The Morgan fingerprint density at radius 1 is 1.50 bits per heavy atom. The SMILES string of the molecule is CCC1(C(=O)NC2CCC(=O)N(C)C2=O)CCCNC1. The first-order valence-electron chi connectivity index (χ1n) is 7.32. The van der Waals surface area contributed by atoms with E-state index in [1.807, 2.05) is 6.92 Å². The van der Waals surface area contributed by atoms with E-state index in [0.29, 0.717) is 19.4 Å². The zero-order valence-electron chi connectivity index (χ0n) is 12.2. The zero-order chi connectivity index (χ0) is 14.8. The number of amides is 3. The molecular formula is C14H23N3O3. The summed E-state index contributed by atoms with van der Waals surface area (Å²) in [5.74, 6) is -0.539. The first kappa shape index (κ1) is 15.0. The molecule has 0 aliphatic carbocycles. The number of imide groups is 1. The van der Waals surface area contributed by atoms with E-state index >= 15 is 0 Å². The van der Waals surface area contributed by atoms with E-state index in [0.717, 1.165) is 30.7 Å². The summed E-state index contributed by atoms with van der Waals surface area (Å²) in [5.41, 5.74) is -0.418. The van der Waals surface area contributed by atoms with Gasteiger partial charge in [0.2, 0.25) is 11.8 Å². The fraction of sp³-hybridized carbons (Fsp3) is 0.786. The van der Waals surface area contributed by atoms with E-state index < -0.39 is 11.5 Å². The fourth-order valence-electron chi connectivity index (χ4n) is 2.98. The largest absolute Gasteiger partial charge is 0.344 e. The molecule has 2 atom stereocenters. The highest BCUT2D eigenvalue weighted by Crippen LogP contribution is 2.30. The van der Waals surface area contributed by atoms with Gasteiger partial charge >= 0.3 is 0 Å². The number of hydrogen-bond donors (Lipinski definition) is 2. The van der Waals surface area contributed by atoms with Crippen molar-refractivity contribution < 1.29 is 14.4 Å². The molecule has 0 bridgehead atoms. The summed E-state index contributed by atoms with van der Waals surface area (Å²) in [5, 5.41) is 6.12. The molecule has 0 aromatic rings. The Hall–Kier alpha value is -1.43. The smallest absolute Gasteiger partial charge is 0.251 e. The van der Waals surface area contributed by atoms with Gasteiger partial charge in [0.25, 0.3) is 5.91 Å². The topological polar surface area (TPSA) is 78.5 Å². The molecule has 6 heteroatoms. The van der Waals surface area contributed by atoms with Crippen molar-refractivity contribution in [3.8, 4) is 0 Å². The predicted octanol–water partition coefficient (Wildman–Crippen LogP) is 0.0298. The maximum Gasteiger partial charge on any atom is 0.251 e. The van der Waals surface area contributed by atoms with Gasteiger partial charge in [-0.3, -0.25) is 19.3 Å². The second kappa shape index (κ2) is 5.91. The van der Waals surface area contributed by atoms with Gasteiger partial charge in [-0.15, -0.1) is 0 Å². The second-order valence-corrected chi connectivity index (χ2v) is 5.77. The lowest BCUT2D eigenvalue weighted by atomic mass is 9.77. The molecule has 2 heterocycles. The van der Waals surface area contributed by atoms with Gasteiger partial charge in [0.1, 0.15) is 6.04 Å². The highest BCUT2D eigenvalue weighted by atomic mass is 16.2. The summed E-state index contributed by atoms with van der Waals surface area (Å²) in [6, 6.07) is -0.560. The van der Waals surface area contributed by atoms with Crippen molar-refractivity contribution >= 4 is 17.7 Å². The molecule has 6 nitrogen and oxygen atoms in total. The van der Waals surface area contributed by atoms with Crippen LogP contribution in [-0.4, -0.2) is 48.8 Å². The van der Waals surface area contributed by atoms with Gasteiger partial charge in [-0.1, -0.05) is 6.92 Å². The molecule has 112 valence electrons. The number of carbonyl (C=O) groups excluding carboxylic acids is 3. The third-order valence-corrected chi connectivity index (χ3v) is 4.59. The Bertz CT molecular complexity index is 416. The van der Waals surface area contributed by atoms with Crippen LogP contribution < -0.4 is 10.6 Å². The average molecular weight is 281 g/mol. The Labute approximate surface area is 119 Å². The molecule has 0 saturated carbocycles. The quantitative estimate of drug-likeness (QED) is 0.715. The number of likely N-dealkylation sites (tertiary alicyclic amines) is 1. The molecule has 2 saturated heterocycles. The van der Waals surface area contributed by atoms with Crippen LogP contribution in [0.2, 0.25) is 0 Å². The van der Waals surface area contributed by atoms with E-state index in [1.165, 1.54) is 7.05 Å². The first-order chi connectivity index (χ1) is 9.50. The summed E-state index contributed by atoms with van der Waals surface area (Å²) >= 11 is 0. The normalized spacial score (nSPS) is 31.3. The van der Waals surface area contributed by atoms with Crippen LogP contribution >= 0.6 is 0 Å². The lowest BCUT2D eigenvalue weighted by molar-refractivity contribution is -0.150. The number of hydrogen-bond acceptors (Lipinski definition) is 4. The maximum absolute atomic E-state index is 12.5. The van der Waals surface area contributed by atoms with Gasteiger partial charge in [-0.25, -0.2) is 0 Å². The molecule has 0 aromatic heterocycles. The second-order valence-electron chi connectivity index (χ2n) is 5.77. The van der Waals surface area contributed by atoms with E-state index in [-0.39, 0.29) is 17.7 Å². The summed E-state index contributed by atoms with van der Waals surface area (Å²) in [4.78, 5) is 37.1. The Kier molecular flexibility index (Phi) is 4.42. The summed E-state index contributed by atoms with van der Waals surface area (Å²) in [6.45, 7) is 3.60. The average Bonchev–Trinajstić information content (AvgIpc) is 2.48. The van der Waals surface area contributed by atoms with Gasteiger partial charge < -0.3 is 10.6 Å². The van der Waals surface area contributed by atoms with Crippen molar-refractivity contribution in [1.29, 1.82) is 0 Å². The molecule has 2 unspecified atom stereocenters. The highest BCUT2D eigenvalue weighted by molar-refractivity contribution is 6.01. The third-order valence-electron chi connectivity index (χ3n) is 4.59. The van der Waals surface area contributed by atoms with E-state index in [9.17, 15) is 14.4 Å². The van der Waals surface area contributed by atoms with Crippen LogP contribution in [0.15, 0.2) is 0 Å². The molecule has 2 aliphatic heterocycles. The maximum atomic E-state index is 12.5. The van der Waals surface area contributed by atoms with Crippen LogP contribution in [0, 0.1) is 5.41 Å². The summed E-state index contributed by atoms with van der Waals surface area (Å²) < 4.78 is 0. The first-order valence-corrected chi connectivity index (χ1v) is 7.32. The van der Waals surface area contributed by atoms with Crippen molar-refractivity contribution in [2.45, 2.75) is 45.1 Å². The van der Waals surface area contributed by atoms with E-state index in [2.05, 4.69) is 10.6 Å². The van der Waals surface area contributed by atoms with Crippen LogP contribution in [-0.2, 0) is 14.4 Å². The Morgan fingerprint density at radius 2 is 2.25 bits per heavy atom. The molecular weight excluding hydrogens is 258 g/mol. The third kappa shape index (κ3) is 2.70. The monoisotopic (exact) mass is 281 g/mol. The molecule has 2 rings (SSSR count). The number of nitrogens with one attached hydrogen (secondary N) is 2. The van der Waals surface area contributed by atoms with Gasteiger partial charge in [-0.2, -0.15) is 0 Å². The minimum absolute atomic E-state index is 0.0618. The molecule has 0 spiro atoms. The standard InChI is InChI=1S/C14H23N3O3/c1-3-14(7-4-8-15-9-14)13(20)16-10-5-6-11(18)17(2)12(10)19/h10,15H,3-9H2,1-2H3,(H,16,20). The molecule has 0 radical (unpaired) electrons. The summed E-state index contributed by atoms with van der Waals surface area (Å²) in [6.07, 6.45) is 3.28. The van der Waals surface area contributed by atoms with Crippen molar-refractivity contribution in [1.82, 2.24) is 15.5 Å². The van der Waals surface area contributed by atoms with Gasteiger partial charge in [0.15, 0.2) is 0 Å². The minimum atomic E-state index is -0.560. The van der Waals surface area contributed by atoms with Gasteiger partial charge in [0.05, 0.1) is 5.41 Å². The molecule has 2 fully saturated rings. The van der Waals surface area contributed by atoms with Crippen molar-refractivity contribution in [2.75, 3.05) is 20.1 Å². The lowest BCUT2D eigenvalue weighted by Gasteiger charge is -2.37. The Morgan fingerprint density at radius 3 is 2.85 bits per heavy atom. The van der Waals surface area contributed by atoms with Crippen LogP contribution in [0.1, 0.15) is 39.0 Å². The molecule has 3 amide bonds. The van der Waals surface area contributed by atoms with Crippen LogP contribution in [0.5, 0.6) is 0 Å². The lowest BCUT2D eigenvalue weighted by Crippen LogP contribution is -2.58. The molecule has 2 N–H and O–H groups in total. The molecule has 2 aliphatic rings. The number of rotatable bonds is 3. The van der Waals surface area contributed by atoms with Crippen LogP contribution in [0.25, 0.3) is 0 Å². The van der Waals surface area contributed by atoms with Crippen molar-refractivity contribution in [2.24, 2.45) is 5.41 Å².